The van der Waals surface area contributed by atoms with Gasteiger partial charge in [-0.25, -0.2) is 9.37 Å². The maximum Gasteiger partial charge on any atom is 0.123 e. The molecular formula is C26H34FN3O. The van der Waals surface area contributed by atoms with E-state index in [1.807, 2.05) is 24.3 Å². The highest BCUT2D eigenvalue weighted by atomic mass is 19.1. The fourth-order valence-corrected chi connectivity index (χ4v) is 5.29. The summed E-state index contributed by atoms with van der Waals surface area (Å²) in [7, 11) is 2.12. The molecule has 0 spiro atoms. The van der Waals surface area contributed by atoms with Crippen molar-refractivity contribution in [3.8, 4) is 0 Å². The van der Waals surface area contributed by atoms with E-state index in [4.69, 9.17) is 0 Å². The molecular weight excluding hydrogens is 389 g/mol. The van der Waals surface area contributed by atoms with Gasteiger partial charge in [0.05, 0.1) is 16.6 Å². The van der Waals surface area contributed by atoms with Gasteiger partial charge in [0.15, 0.2) is 0 Å². The average Bonchev–Trinajstić information content (AvgIpc) is 3.15. The van der Waals surface area contributed by atoms with E-state index in [-0.39, 0.29) is 11.7 Å². The normalized spacial score (nSPS) is 21.2. The van der Waals surface area contributed by atoms with E-state index >= 15 is 0 Å². The number of hydrogen-bond donors (Lipinski definition) is 2. The molecule has 166 valence electrons. The Bertz CT molecular complexity index is 997. The van der Waals surface area contributed by atoms with E-state index in [1.165, 1.54) is 6.07 Å². The number of halogens is 1. The summed E-state index contributed by atoms with van der Waals surface area (Å²) in [5.74, 6) is 1.19. The molecule has 1 aromatic heterocycles. The molecule has 1 heterocycles. The van der Waals surface area contributed by atoms with Crippen molar-refractivity contribution in [1.82, 2.24) is 14.9 Å². The van der Waals surface area contributed by atoms with Crippen molar-refractivity contribution in [3.63, 3.8) is 0 Å². The monoisotopic (exact) mass is 423 g/mol. The number of H-pyrrole nitrogens is 1. The maximum atomic E-state index is 13.7. The van der Waals surface area contributed by atoms with Gasteiger partial charge in [0, 0.05) is 18.9 Å². The Morgan fingerprint density at radius 1 is 1.23 bits per heavy atom. The summed E-state index contributed by atoms with van der Waals surface area (Å²) in [5, 5.41) is 11.6. The van der Waals surface area contributed by atoms with Crippen molar-refractivity contribution in [1.29, 1.82) is 0 Å². The first kappa shape index (κ1) is 22.0. The first-order valence-electron chi connectivity index (χ1n) is 11.5. The van der Waals surface area contributed by atoms with Crippen LogP contribution in [-0.2, 0) is 12.8 Å². The van der Waals surface area contributed by atoms with Crippen LogP contribution >= 0.6 is 0 Å². The van der Waals surface area contributed by atoms with Crippen molar-refractivity contribution in [3.05, 3.63) is 65.2 Å². The van der Waals surface area contributed by atoms with Gasteiger partial charge in [-0.05, 0) is 80.6 Å². The molecule has 3 aromatic rings. The van der Waals surface area contributed by atoms with Gasteiger partial charge >= 0.3 is 0 Å². The molecule has 2 atom stereocenters. The van der Waals surface area contributed by atoms with Gasteiger partial charge in [-0.2, -0.15) is 0 Å². The number of aliphatic hydroxyl groups is 1. The molecule has 0 aliphatic heterocycles. The lowest BCUT2D eigenvalue weighted by molar-refractivity contribution is -0.0301. The summed E-state index contributed by atoms with van der Waals surface area (Å²) >= 11 is 0. The summed E-state index contributed by atoms with van der Waals surface area (Å²) in [6.07, 6.45) is 4.09. The van der Waals surface area contributed by atoms with Crippen LogP contribution in [0.25, 0.3) is 11.0 Å². The van der Waals surface area contributed by atoms with Crippen molar-refractivity contribution in [2.45, 2.75) is 57.5 Å². The van der Waals surface area contributed by atoms with Gasteiger partial charge < -0.3 is 15.0 Å². The summed E-state index contributed by atoms with van der Waals surface area (Å²) in [6, 6.07) is 13.2. The van der Waals surface area contributed by atoms with Crippen LogP contribution in [0.4, 0.5) is 4.39 Å². The summed E-state index contributed by atoms with van der Waals surface area (Å²) in [4.78, 5) is 10.4. The van der Waals surface area contributed by atoms with E-state index < -0.39 is 5.60 Å². The zero-order valence-electron chi connectivity index (χ0n) is 18.9. The molecule has 0 saturated carbocycles. The molecule has 2 aromatic carbocycles. The molecule has 4 nitrogen and oxygen atoms in total. The minimum atomic E-state index is -0.744. The number of fused-ring (bicyclic) bond motifs is 2. The minimum Gasteiger partial charge on any atom is -0.389 e. The van der Waals surface area contributed by atoms with E-state index in [1.54, 1.807) is 6.07 Å². The second kappa shape index (κ2) is 9.09. The van der Waals surface area contributed by atoms with Crippen LogP contribution < -0.4 is 0 Å². The van der Waals surface area contributed by atoms with Gasteiger partial charge in [-0.1, -0.05) is 32.0 Å². The topological polar surface area (TPSA) is 52.1 Å². The van der Waals surface area contributed by atoms with Crippen molar-refractivity contribution < 1.29 is 9.50 Å². The lowest BCUT2D eigenvalue weighted by Gasteiger charge is -2.44. The molecule has 1 aliphatic rings. The second-order valence-corrected chi connectivity index (χ2v) is 9.53. The number of aromatic amines is 1. The van der Waals surface area contributed by atoms with E-state index in [2.05, 4.69) is 41.8 Å². The predicted molar refractivity (Wildman–Crippen MR) is 124 cm³/mol. The van der Waals surface area contributed by atoms with Crippen LogP contribution in [0.2, 0.25) is 0 Å². The van der Waals surface area contributed by atoms with Gasteiger partial charge in [-0.3, -0.25) is 0 Å². The molecule has 0 bridgehead atoms. The number of aromatic nitrogens is 2. The second-order valence-electron chi connectivity index (χ2n) is 9.53. The molecule has 31 heavy (non-hydrogen) atoms. The number of para-hydroxylation sites is 2. The average molecular weight is 424 g/mol. The quantitative estimate of drug-likeness (QED) is 0.532. The molecule has 2 unspecified atom stereocenters. The molecule has 2 N–H and O–H groups in total. The molecule has 0 radical (unpaired) electrons. The Morgan fingerprint density at radius 2 is 2.03 bits per heavy atom. The summed E-state index contributed by atoms with van der Waals surface area (Å²) in [5.41, 5.74) is 3.54. The standard InChI is InChI=1S/C26H34FN3O/c1-18(2)25-21-11-10-20(27)17-19(21)12-13-26(25,31)14-16-30(3)15-6-9-24-28-22-7-4-5-8-23(22)29-24/h4-5,7-8,10-11,17-18,25,31H,6,9,12-16H2,1-3H3,(H,28,29). The van der Waals surface area contributed by atoms with Crippen LogP contribution in [0.5, 0.6) is 0 Å². The number of rotatable bonds is 8. The zero-order valence-corrected chi connectivity index (χ0v) is 18.9. The fourth-order valence-electron chi connectivity index (χ4n) is 5.29. The van der Waals surface area contributed by atoms with E-state index in [9.17, 15) is 9.50 Å². The number of benzene rings is 2. The van der Waals surface area contributed by atoms with Gasteiger partial charge in [-0.15, -0.1) is 0 Å². The van der Waals surface area contributed by atoms with Crippen LogP contribution in [0, 0.1) is 11.7 Å². The lowest BCUT2D eigenvalue weighted by atomic mass is 9.66. The third-order valence-electron chi connectivity index (χ3n) is 6.83. The lowest BCUT2D eigenvalue weighted by Crippen LogP contribution is -2.45. The number of hydrogen-bond acceptors (Lipinski definition) is 3. The largest absolute Gasteiger partial charge is 0.389 e. The third kappa shape index (κ3) is 4.83. The SMILES string of the molecule is CC(C)C1c2ccc(F)cc2CCC1(O)CCN(C)CCCc1nc2ccccc2[nH]1. The number of nitrogens with one attached hydrogen (secondary N) is 1. The smallest absolute Gasteiger partial charge is 0.123 e. The van der Waals surface area contributed by atoms with Crippen molar-refractivity contribution in [2.24, 2.45) is 5.92 Å². The highest BCUT2D eigenvalue weighted by Crippen LogP contribution is 2.45. The van der Waals surface area contributed by atoms with Gasteiger partial charge in [0.25, 0.3) is 0 Å². The van der Waals surface area contributed by atoms with Crippen molar-refractivity contribution >= 4 is 11.0 Å². The Morgan fingerprint density at radius 3 is 2.81 bits per heavy atom. The maximum absolute atomic E-state index is 13.7. The highest BCUT2D eigenvalue weighted by molar-refractivity contribution is 5.74. The fraction of sp³-hybridized carbons (Fsp3) is 0.500. The predicted octanol–water partition coefficient (Wildman–Crippen LogP) is 5.07. The van der Waals surface area contributed by atoms with Gasteiger partial charge in [0.2, 0.25) is 0 Å². The molecule has 5 heteroatoms. The van der Waals surface area contributed by atoms with Crippen LogP contribution in [0.1, 0.15) is 56.0 Å². The molecule has 0 fully saturated rings. The Hall–Kier alpha value is -2.24. The summed E-state index contributed by atoms with van der Waals surface area (Å²) < 4.78 is 13.7. The Kier molecular flexibility index (Phi) is 6.44. The first-order valence-corrected chi connectivity index (χ1v) is 11.5. The van der Waals surface area contributed by atoms with Crippen LogP contribution in [-0.4, -0.2) is 45.7 Å². The van der Waals surface area contributed by atoms with E-state index in [0.717, 1.165) is 66.8 Å². The summed E-state index contributed by atoms with van der Waals surface area (Å²) in [6.45, 7) is 6.12. The third-order valence-corrected chi connectivity index (χ3v) is 6.83. The van der Waals surface area contributed by atoms with E-state index in [0.29, 0.717) is 12.3 Å². The Labute approximate surface area is 184 Å². The number of nitrogens with zero attached hydrogens (tertiary/aromatic N) is 2. The molecule has 0 saturated heterocycles. The Balaban J connectivity index is 1.33. The number of aryl methyl sites for hydroxylation is 2. The van der Waals surface area contributed by atoms with Gasteiger partial charge in [0.1, 0.15) is 11.6 Å². The zero-order chi connectivity index (χ0) is 22.0. The molecule has 4 rings (SSSR count). The van der Waals surface area contributed by atoms with Crippen LogP contribution in [0.15, 0.2) is 42.5 Å². The highest BCUT2D eigenvalue weighted by Gasteiger charge is 2.43. The molecule has 0 amide bonds. The van der Waals surface area contributed by atoms with Crippen LogP contribution in [0.3, 0.4) is 0 Å². The minimum absolute atomic E-state index is 0.0424. The molecule has 1 aliphatic carbocycles. The first-order chi connectivity index (χ1) is 14.9. The number of imidazole rings is 1. The van der Waals surface area contributed by atoms with Crippen molar-refractivity contribution in [2.75, 3.05) is 20.1 Å².